The molecule has 1 saturated carbocycles. The molecule has 1 aromatic carbocycles. The minimum atomic E-state index is 0.483. The maximum absolute atomic E-state index is 5.52. The van der Waals surface area contributed by atoms with Gasteiger partial charge in [-0.05, 0) is 25.0 Å². The van der Waals surface area contributed by atoms with Crippen LogP contribution in [-0.2, 0) is 7.05 Å². The zero-order valence-electron chi connectivity index (χ0n) is 13.2. The molecule has 1 fully saturated rings. The van der Waals surface area contributed by atoms with E-state index >= 15 is 0 Å². The molecule has 0 amide bonds. The van der Waals surface area contributed by atoms with Gasteiger partial charge in [0, 0.05) is 24.5 Å². The molecule has 120 valence electrons. The zero-order chi connectivity index (χ0) is 16.1. The standard InChI is InChI=1S/C17H16N6O/c1-23-13-5-3-2-4-11(13)15(22-23)20-17-19-12-8-9-24-14(12)16(21-17)18-10-6-7-10/h2-5,8-10H,6-7H2,1H3,(H2,18,19,20,21,22). The van der Waals surface area contributed by atoms with Gasteiger partial charge < -0.3 is 15.1 Å². The summed E-state index contributed by atoms with van der Waals surface area (Å²) in [6.45, 7) is 0. The number of aromatic nitrogens is 4. The van der Waals surface area contributed by atoms with Gasteiger partial charge in [0.1, 0.15) is 5.52 Å². The van der Waals surface area contributed by atoms with Gasteiger partial charge in [-0.1, -0.05) is 12.1 Å². The Morgan fingerprint density at radius 2 is 2.00 bits per heavy atom. The maximum atomic E-state index is 5.52. The smallest absolute Gasteiger partial charge is 0.231 e. The minimum Gasteiger partial charge on any atom is -0.459 e. The molecule has 24 heavy (non-hydrogen) atoms. The summed E-state index contributed by atoms with van der Waals surface area (Å²) in [6.07, 6.45) is 3.97. The Morgan fingerprint density at radius 1 is 1.12 bits per heavy atom. The van der Waals surface area contributed by atoms with Crippen molar-refractivity contribution < 1.29 is 4.42 Å². The molecule has 0 radical (unpaired) electrons. The van der Waals surface area contributed by atoms with Crippen molar-refractivity contribution in [2.75, 3.05) is 10.6 Å². The minimum absolute atomic E-state index is 0.483. The molecule has 1 aliphatic rings. The maximum Gasteiger partial charge on any atom is 0.231 e. The number of hydrogen-bond acceptors (Lipinski definition) is 6. The van der Waals surface area contributed by atoms with E-state index in [1.165, 1.54) is 12.8 Å². The van der Waals surface area contributed by atoms with Gasteiger partial charge in [-0.3, -0.25) is 4.68 Å². The van der Waals surface area contributed by atoms with Gasteiger partial charge in [0.25, 0.3) is 0 Å². The van der Waals surface area contributed by atoms with E-state index in [-0.39, 0.29) is 0 Å². The van der Waals surface area contributed by atoms with Gasteiger partial charge in [-0.25, -0.2) is 4.98 Å². The number of fused-ring (bicyclic) bond motifs is 2. The number of para-hydroxylation sites is 1. The molecule has 3 aromatic heterocycles. The number of furan rings is 1. The lowest BCUT2D eigenvalue weighted by Crippen LogP contribution is -2.06. The van der Waals surface area contributed by atoms with Gasteiger partial charge in [0.15, 0.2) is 17.2 Å². The third-order valence-electron chi connectivity index (χ3n) is 4.21. The summed E-state index contributed by atoms with van der Waals surface area (Å²) < 4.78 is 7.37. The van der Waals surface area contributed by atoms with Crippen LogP contribution < -0.4 is 10.6 Å². The van der Waals surface area contributed by atoms with E-state index in [4.69, 9.17) is 4.42 Å². The molecule has 7 nitrogen and oxygen atoms in total. The quantitative estimate of drug-likeness (QED) is 0.599. The SMILES string of the molecule is Cn1nc(Nc2nc(NC3CC3)c3occc3n2)c2ccccc21. The van der Waals surface area contributed by atoms with Crippen molar-refractivity contribution in [3.63, 3.8) is 0 Å². The predicted molar refractivity (Wildman–Crippen MR) is 92.4 cm³/mol. The Bertz CT molecular complexity index is 1050. The number of nitrogens with zero attached hydrogens (tertiary/aromatic N) is 4. The average Bonchev–Trinajstić information content (AvgIpc) is 3.17. The highest BCUT2D eigenvalue weighted by Crippen LogP contribution is 2.30. The number of aryl methyl sites for hydroxylation is 1. The summed E-state index contributed by atoms with van der Waals surface area (Å²) in [5.41, 5.74) is 2.52. The molecule has 4 aromatic rings. The highest BCUT2D eigenvalue weighted by molar-refractivity contribution is 5.92. The number of benzene rings is 1. The normalized spacial score (nSPS) is 14.4. The first-order chi connectivity index (χ1) is 11.8. The molecule has 3 heterocycles. The van der Waals surface area contributed by atoms with Crippen LogP contribution in [0, 0.1) is 0 Å². The number of anilines is 3. The summed E-state index contributed by atoms with van der Waals surface area (Å²) >= 11 is 0. The second-order valence-electron chi connectivity index (χ2n) is 6.06. The van der Waals surface area contributed by atoms with E-state index < -0.39 is 0 Å². The highest BCUT2D eigenvalue weighted by atomic mass is 16.3. The first kappa shape index (κ1) is 13.4. The molecule has 0 unspecified atom stereocenters. The van der Waals surface area contributed by atoms with Crippen LogP contribution in [0.15, 0.2) is 41.0 Å². The first-order valence-corrected chi connectivity index (χ1v) is 7.98. The third-order valence-corrected chi connectivity index (χ3v) is 4.21. The lowest BCUT2D eigenvalue weighted by molar-refractivity contribution is 0.614. The molecule has 0 atom stereocenters. The van der Waals surface area contributed by atoms with E-state index in [1.807, 2.05) is 42.1 Å². The Balaban J connectivity index is 1.58. The van der Waals surface area contributed by atoms with Crippen LogP contribution >= 0.6 is 0 Å². The van der Waals surface area contributed by atoms with Crippen molar-refractivity contribution >= 4 is 39.6 Å². The predicted octanol–water partition coefficient (Wildman–Crippen LogP) is 3.43. The molecule has 5 rings (SSSR count). The van der Waals surface area contributed by atoms with Crippen molar-refractivity contribution in [2.45, 2.75) is 18.9 Å². The van der Waals surface area contributed by atoms with E-state index in [1.54, 1.807) is 6.26 Å². The van der Waals surface area contributed by atoms with Crippen molar-refractivity contribution in [3.8, 4) is 0 Å². The second-order valence-corrected chi connectivity index (χ2v) is 6.06. The largest absolute Gasteiger partial charge is 0.459 e. The molecular formula is C17H16N6O. The lowest BCUT2D eigenvalue weighted by atomic mass is 10.2. The number of rotatable bonds is 4. The van der Waals surface area contributed by atoms with Crippen LogP contribution in [0.4, 0.5) is 17.6 Å². The Kier molecular flexibility index (Phi) is 2.76. The fourth-order valence-electron chi connectivity index (χ4n) is 2.85. The molecule has 0 spiro atoms. The topological polar surface area (TPSA) is 80.8 Å². The first-order valence-electron chi connectivity index (χ1n) is 7.98. The summed E-state index contributed by atoms with van der Waals surface area (Å²) in [4.78, 5) is 9.12. The van der Waals surface area contributed by atoms with Crippen LogP contribution in [0.3, 0.4) is 0 Å². The van der Waals surface area contributed by atoms with Crippen molar-refractivity contribution in [2.24, 2.45) is 7.05 Å². The van der Waals surface area contributed by atoms with Gasteiger partial charge in [0.2, 0.25) is 5.95 Å². The Morgan fingerprint density at radius 3 is 2.88 bits per heavy atom. The molecule has 2 N–H and O–H groups in total. The van der Waals surface area contributed by atoms with E-state index in [9.17, 15) is 0 Å². The van der Waals surface area contributed by atoms with Gasteiger partial charge in [-0.15, -0.1) is 0 Å². The van der Waals surface area contributed by atoms with Crippen LogP contribution in [0.2, 0.25) is 0 Å². The number of nitrogens with one attached hydrogen (secondary N) is 2. The van der Waals surface area contributed by atoms with E-state index in [0.29, 0.717) is 17.6 Å². The number of hydrogen-bond donors (Lipinski definition) is 2. The van der Waals surface area contributed by atoms with Crippen molar-refractivity contribution in [1.29, 1.82) is 0 Å². The van der Waals surface area contributed by atoms with Crippen molar-refractivity contribution in [3.05, 3.63) is 36.6 Å². The molecular weight excluding hydrogens is 304 g/mol. The van der Waals surface area contributed by atoms with Crippen LogP contribution in [0.25, 0.3) is 22.0 Å². The van der Waals surface area contributed by atoms with Gasteiger partial charge >= 0.3 is 0 Å². The molecule has 0 bridgehead atoms. The third kappa shape index (κ3) is 2.17. The van der Waals surface area contributed by atoms with Crippen LogP contribution in [0.1, 0.15) is 12.8 Å². The summed E-state index contributed by atoms with van der Waals surface area (Å²) in [5.74, 6) is 1.99. The fourth-order valence-corrected chi connectivity index (χ4v) is 2.85. The second kappa shape index (κ2) is 4.95. The zero-order valence-corrected chi connectivity index (χ0v) is 13.2. The van der Waals surface area contributed by atoms with Crippen LogP contribution in [-0.4, -0.2) is 25.8 Å². The van der Waals surface area contributed by atoms with E-state index in [2.05, 4.69) is 25.7 Å². The highest BCUT2D eigenvalue weighted by Gasteiger charge is 2.24. The van der Waals surface area contributed by atoms with Gasteiger partial charge in [-0.2, -0.15) is 10.1 Å². The molecule has 7 heteroatoms. The Hall–Kier alpha value is -3.09. The molecule has 0 saturated heterocycles. The fraction of sp³-hybridized carbons (Fsp3) is 0.235. The summed E-state index contributed by atoms with van der Waals surface area (Å²) in [6, 6.07) is 10.4. The lowest BCUT2D eigenvalue weighted by Gasteiger charge is -2.07. The van der Waals surface area contributed by atoms with E-state index in [0.717, 1.165) is 28.1 Å². The van der Waals surface area contributed by atoms with Crippen molar-refractivity contribution in [1.82, 2.24) is 19.7 Å². The van der Waals surface area contributed by atoms with Crippen LogP contribution in [0.5, 0.6) is 0 Å². The van der Waals surface area contributed by atoms with Gasteiger partial charge in [0.05, 0.1) is 11.8 Å². The summed E-state index contributed by atoms with van der Waals surface area (Å²) in [7, 11) is 1.92. The summed E-state index contributed by atoms with van der Waals surface area (Å²) in [5, 5.41) is 12.2. The average molecular weight is 320 g/mol. The monoisotopic (exact) mass is 320 g/mol. The molecule has 1 aliphatic carbocycles. The molecule has 0 aliphatic heterocycles. The Labute approximate surface area is 137 Å².